The molecule has 0 radical (unpaired) electrons. The van der Waals surface area contributed by atoms with Gasteiger partial charge in [0.1, 0.15) is 11.7 Å². The van der Waals surface area contributed by atoms with Crippen LogP contribution in [-0.4, -0.2) is 34.9 Å². The van der Waals surface area contributed by atoms with Gasteiger partial charge in [-0.2, -0.15) is 0 Å². The minimum atomic E-state index is -0.736. The summed E-state index contributed by atoms with van der Waals surface area (Å²) in [5.41, 5.74) is -0.320. The molecule has 0 spiro atoms. The van der Waals surface area contributed by atoms with Gasteiger partial charge in [-0.3, -0.25) is 9.59 Å². The smallest absolute Gasteiger partial charge is 0.313 e. The van der Waals surface area contributed by atoms with E-state index in [2.05, 4.69) is 6.92 Å². The molecule has 6 bridgehead atoms. The number of esters is 2. The lowest BCUT2D eigenvalue weighted by Crippen LogP contribution is -2.60. The van der Waals surface area contributed by atoms with Gasteiger partial charge in [0.15, 0.2) is 0 Å². The molecular weight excluding hydrogens is 332 g/mol. The van der Waals surface area contributed by atoms with E-state index in [-0.39, 0.29) is 35.5 Å². The van der Waals surface area contributed by atoms with E-state index in [1.165, 1.54) is 32.1 Å². The first-order valence-corrected chi connectivity index (χ1v) is 10.6. The van der Waals surface area contributed by atoms with Crippen LogP contribution in [-0.2, 0) is 19.1 Å². The number of hydrogen-bond acceptors (Lipinski definition) is 5. The Labute approximate surface area is 153 Å². The number of fused-ring (bicyclic) bond motifs is 1. The third-order valence-corrected chi connectivity index (χ3v) is 9.21. The summed E-state index contributed by atoms with van der Waals surface area (Å²) in [6.07, 6.45) is 6.68. The van der Waals surface area contributed by atoms with E-state index < -0.39 is 17.9 Å². The molecule has 0 aromatic heterocycles. The number of hydrogen-bond donors (Lipinski definition) is 1. The minimum absolute atomic E-state index is 0.0103. The summed E-state index contributed by atoms with van der Waals surface area (Å²) in [6, 6.07) is 0. The molecular formula is C21H28O5. The van der Waals surface area contributed by atoms with Gasteiger partial charge in [-0.05, 0) is 68.6 Å². The van der Waals surface area contributed by atoms with Gasteiger partial charge in [0.2, 0.25) is 0 Å². The van der Waals surface area contributed by atoms with Crippen LogP contribution in [0.5, 0.6) is 0 Å². The van der Waals surface area contributed by atoms with Crippen molar-refractivity contribution in [2.24, 2.45) is 47.3 Å². The molecule has 142 valence electrons. The van der Waals surface area contributed by atoms with E-state index in [4.69, 9.17) is 9.47 Å². The molecule has 7 rings (SSSR count). The Hall–Kier alpha value is -1.10. The zero-order valence-electron chi connectivity index (χ0n) is 15.3. The maximum atomic E-state index is 13.3. The highest BCUT2D eigenvalue weighted by molar-refractivity contribution is 5.82. The highest BCUT2D eigenvalue weighted by atomic mass is 16.6. The van der Waals surface area contributed by atoms with E-state index in [0.717, 1.165) is 24.7 Å². The van der Waals surface area contributed by atoms with Crippen molar-refractivity contribution in [1.29, 1.82) is 0 Å². The second kappa shape index (κ2) is 5.03. The largest absolute Gasteiger partial charge is 0.461 e. The van der Waals surface area contributed by atoms with Gasteiger partial charge in [-0.25, -0.2) is 0 Å². The van der Waals surface area contributed by atoms with E-state index >= 15 is 0 Å². The van der Waals surface area contributed by atoms with Crippen LogP contribution in [0, 0.1) is 47.3 Å². The van der Waals surface area contributed by atoms with Gasteiger partial charge in [0.05, 0.1) is 17.9 Å². The standard InChI is InChI=1S/C21H28O5/c1-2-21(11-4-9-3-10(6-11)7-12(21)5-9)26-20(24)16-13-8-14-15(17(13)22)19(23)25-18(14)16/h9-18,22H,2-8H2,1H3. The Morgan fingerprint density at radius 2 is 1.77 bits per heavy atom. The molecule has 1 N–H and O–H groups in total. The molecule has 7 aliphatic rings. The van der Waals surface area contributed by atoms with Crippen LogP contribution >= 0.6 is 0 Å². The number of carbonyl (C=O) groups is 2. The Morgan fingerprint density at radius 1 is 1.12 bits per heavy atom. The van der Waals surface area contributed by atoms with Crippen molar-refractivity contribution in [3.8, 4) is 0 Å². The lowest BCUT2D eigenvalue weighted by Gasteiger charge is -2.60. The van der Waals surface area contributed by atoms with Crippen molar-refractivity contribution < 1.29 is 24.2 Å². The third-order valence-electron chi connectivity index (χ3n) is 9.21. The first-order chi connectivity index (χ1) is 12.5. The van der Waals surface area contributed by atoms with Gasteiger partial charge in [-0.15, -0.1) is 0 Å². The molecule has 1 saturated heterocycles. The van der Waals surface area contributed by atoms with E-state index in [0.29, 0.717) is 11.8 Å². The van der Waals surface area contributed by atoms with Gasteiger partial charge in [-0.1, -0.05) is 6.92 Å². The monoisotopic (exact) mass is 360 g/mol. The molecule has 0 aromatic carbocycles. The summed E-state index contributed by atoms with van der Waals surface area (Å²) in [4.78, 5) is 25.4. The molecule has 6 aliphatic carbocycles. The molecule has 5 nitrogen and oxygen atoms in total. The maximum Gasteiger partial charge on any atom is 0.313 e. The molecule has 6 atom stereocenters. The first-order valence-electron chi connectivity index (χ1n) is 10.6. The molecule has 26 heavy (non-hydrogen) atoms. The average molecular weight is 360 g/mol. The van der Waals surface area contributed by atoms with Crippen LogP contribution in [0.3, 0.4) is 0 Å². The minimum Gasteiger partial charge on any atom is -0.461 e. The van der Waals surface area contributed by atoms with Gasteiger partial charge >= 0.3 is 11.9 Å². The molecule has 1 aliphatic heterocycles. The summed E-state index contributed by atoms with van der Waals surface area (Å²) >= 11 is 0. The normalized spacial score (nSPS) is 58.3. The summed E-state index contributed by atoms with van der Waals surface area (Å²) in [5, 5.41) is 10.5. The molecule has 0 aromatic rings. The van der Waals surface area contributed by atoms with Crippen molar-refractivity contribution in [2.45, 2.75) is 69.7 Å². The second-order valence-corrected chi connectivity index (χ2v) is 10.0. The van der Waals surface area contributed by atoms with Crippen LogP contribution in [0.1, 0.15) is 51.9 Å². The van der Waals surface area contributed by atoms with E-state index in [9.17, 15) is 14.7 Å². The highest BCUT2D eigenvalue weighted by Gasteiger charge is 2.69. The lowest BCUT2D eigenvalue weighted by molar-refractivity contribution is -0.218. The van der Waals surface area contributed by atoms with Crippen LogP contribution in [0.15, 0.2) is 0 Å². The van der Waals surface area contributed by atoms with Crippen molar-refractivity contribution in [3.05, 3.63) is 0 Å². The predicted molar refractivity (Wildman–Crippen MR) is 90.6 cm³/mol. The van der Waals surface area contributed by atoms with E-state index in [1.54, 1.807) is 0 Å². The molecule has 1 heterocycles. The van der Waals surface area contributed by atoms with Gasteiger partial charge in [0.25, 0.3) is 0 Å². The van der Waals surface area contributed by atoms with Crippen molar-refractivity contribution >= 4 is 11.9 Å². The SMILES string of the molecule is CCC1(OC(=O)C2C3CC4C2OC(=O)C4C3O)C2CC3CC(C2)CC1C3. The summed E-state index contributed by atoms with van der Waals surface area (Å²) < 4.78 is 11.9. The lowest BCUT2D eigenvalue weighted by atomic mass is 9.49. The zero-order chi connectivity index (χ0) is 17.8. The number of rotatable bonds is 3. The zero-order valence-corrected chi connectivity index (χ0v) is 15.3. The van der Waals surface area contributed by atoms with Gasteiger partial charge in [0, 0.05) is 11.8 Å². The summed E-state index contributed by atoms with van der Waals surface area (Å²) in [6.45, 7) is 2.16. The average Bonchev–Trinajstić information content (AvgIpc) is 3.20. The second-order valence-electron chi connectivity index (χ2n) is 10.0. The van der Waals surface area contributed by atoms with Gasteiger partial charge < -0.3 is 14.6 Å². The topological polar surface area (TPSA) is 72.8 Å². The molecule has 6 unspecified atom stereocenters. The Morgan fingerprint density at radius 3 is 2.38 bits per heavy atom. The maximum absolute atomic E-state index is 13.3. The van der Waals surface area contributed by atoms with Crippen molar-refractivity contribution in [1.82, 2.24) is 0 Å². The Bertz CT molecular complexity index is 643. The summed E-state index contributed by atoms with van der Waals surface area (Å²) in [7, 11) is 0. The van der Waals surface area contributed by atoms with Crippen LogP contribution in [0.4, 0.5) is 0 Å². The molecule has 6 saturated carbocycles. The Kier molecular flexibility index (Phi) is 3.08. The van der Waals surface area contributed by atoms with Crippen LogP contribution in [0.2, 0.25) is 0 Å². The Balaban J connectivity index is 1.28. The number of aliphatic hydroxyl groups is 1. The van der Waals surface area contributed by atoms with Crippen molar-refractivity contribution in [3.63, 3.8) is 0 Å². The fourth-order valence-electron chi connectivity index (χ4n) is 8.38. The highest BCUT2D eigenvalue weighted by Crippen LogP contribution is 2.62. The predicted octanol–water partition coefficient (Wildman–Crippen LogP) is 2.30. The number of carbonyl (C=O) groups excluding carboxylic acids is 2. The fourth-order valence-corrected chi connectivity index (χ4v) is 8.38. The molecule has 7 fully saturated rings. The van der Waals surface area contributed by atoms with Crippen LogP contribution < -0.4 is 0 Å². The van der Waals surface area contributed by atoms with Crippen molar-refractivity contribution in [2.75, 3.05) is 0 Å². The number of ether oxygens (including phenoxy) is 2. The van der Waals surface area contributed by atoms with Crippen LogP contribution in [0.25, 0.3) is 0 Å². The first kappa shape index (κ1) is 15.9. The number of aliphatic hydroxyl groups excluding tert-OH is 1. The molecule has 5 heteroatoms. The van der Waals surface area contributed by atoms with E-state index in [1.807, 2.05) is 0 Å². The fraction of sp³-hybridized carbons (Fsp3) is 0.905. The third kappa shape index (κ3) is 1.76. The quantitative estimate of drug-likeness (QED) is 0.782. The molecule has 0 amide bonds. The summed E-state index contributed by atoms with van der Waals surface area (Å²) in [5.74, 6) is 1.11.